The van der Waals surface area contributed by atoms with Crippen molar-refractivity contribution < 1.29 is 0 Å². The average molecular weight is 272 g/mol. The van der Waals surface area contributed by atoms with Gasteiger partial charge in [-0.05, 0) is 24.2 Å². The average Bonchev–Trinajstić information content (AvgIpc) is 2.16. The molecule has 0 aliphatic rings. The maximum atomic E-state index is 4.00. The second kappa shape index (κ2) is 5.85. The molecule has 0 N–H and O–H groups in total. The summed E-state index contributed by atoms with van der Waals surface area (Å²) in [6.45, 7) is 25.8. The molecule has 0 unspecified atom stereocenters. The Labute approximate surface area is 111 Å². The standard InChI is InChI=1S/C14H33NSi2/c1-10-15(12-13-16(6,7)11-2)17(8,9)14(3,4)5/h11H,2,10,12-13H2,1,3-9H3. The zero-order chi connectivity index (χ0) is 13.9. The lowest BCUT2D eigenvalue weighted by atomic mass is 10.2. The van der Waals surface area contributed by atoms with E-state index >= 15 is 0 Å². The molecule has 0 aromatic rings. The van der Waals surface area contributed by atoms with Crippen molar-refractivity contribution in [1.29, 1.82) is 0 Å². The Morgan fingerprint density at radius 1 is 1.12 bits per heavy atom. The zero-order valence-electron chi connectivity index (χ0n) is 13.4. The second-order valence-electron chi connectivity index (χ2n) is 7.33. The Kier molecular flexibility index (Phi) is 5.90. The van der Waals surface area contributed by atoms with E-state index in [1.807, 2.05) is 0 Å². The second-order valence-corrected chi connectivity index (χ2v) is 17.5. The predicted molar refractivity (Wildman–Crippen MR) is 86.9 cm³/mol. The molecule has 1 nitrogen and oxygen atoms in total. The van der Waals surface area contributed by atoms with Gasteiger partial charge in [0.15, 0.2) is 0 Å². The first-order valence-electron chi connectivity index (χ1n) is 6.86. The van der Waals surface area contributed by atoms with E-state index in [1.54, 1.807) is 0 Å². The Morgan fingerprint density at radius 3 is 1.88 bits per heavy atom. The molecule has 0 aromatic heterocycles. The van der Waals surface area contributed by atoms with E-state index < -0.39 is 16.3 Å². The summed E-state index contributed by atoms with van der Waals surface area (Å²) in [6.07, 6.45) is 0. The summed E-state index contributed by atoms with van der Waals surface area (Å²) < 4.78 is 2.77. The highest BCUT2D eigenvalue weighted by Gasteiger charge is 2.40. The van der Waals surface area contributed by atoms with Crippen molar-refractivity contribution in [2.75, 3.05) is 13.1 Å². The first-order chi connectivity index (χ1) is 7.48. The summed E-state index contributed by atoms with van der Waals surface area (Å²) in [5, 5.41) is 0.447. The van der Waals surface area contributed by atoms with E-state index in [9.17, 15) is 0 Å². The summed E-state index contributed by atoms with van der Waals surface area (Å²) in [5.74, 6) is 0. The van der Waals surface area contributed by atoms with Gasteiger partial charge >= 0.3 is 0 Å². The van der Waals surface area contributed by atoms with E-state index in [0.29, 0.717) is 5.04 Å². The van der Waals surface area contributed by atoms with Crippen molar-refractivity contribution in [2.45, 2.75) is 65.0 Å². The van der Waals surface area contributed by atoms with Gasteiger partial charge < -0.3 is 4.57 Å². The molecular formula is C14H33NSi2. The fourth-order valence-corrected chi connectivity index (χ4v) is 5.52. The van der Waals surface area contributed by atoms with Crippen molar-refractivity contribution in [3.8, 4) is 0 Å². The minimum Gasteiger partial charge on any atom is -0.324 e. The maximum absolute atomic E-state index is 4.00. The Bertz CT molecular complexity index is 251. The first kappa shape index (κ1) is 17.1. The van der Waals surface area contributed by atoms with Gasteiger partial charge in [-0.3, -0.25) is 0 Å². The third-order valence-electron chi connectivity index (χ3n) is 4.59. The molecule has 0 fully saturated rings. The van der Waals surface area contributed by atoms with Gasteiger partial charge in [-0.1, -0.05) is 53.9 Å². The fourth-order valence-electron chi connectivity index (χ4n) is 1.83. The van der Waals surface area contributed by atoms with Crippen molar-refractivity contribution in [2.24, 2.45) is 0 Å². The molecule has 0 aliphatic heterocycles. The SMILES string of the molecule is C=C[Si](C)(C)CCN(CC)[Si](C)(C)C(C)(C)C. The molecular weight excluding hydrogens is 238 g/mol. The molecule has 0 atom stereocenters. The molecule has 0 spiro atoms. The monoisotopic (exact) mass is 271 g/mol. The van der Waals surface area contributed by atoms with Gasteiger partial charge in [0.2, 0.25) is 0 Å². The topological polar surface area (TPSA) is 3.24 Å². The molecule has 0 bridgehead atoms. The van der Waals surface area contributed by atoms with Gasteiger partial charge in [0, 0.05) is 0 Å². The van der Waals surface area contributed by atoms with E-state index in [0.717, 1.165) is 0 Å². The lowest BCUT2D eigenvalue weighted by molar-refractivity contribution is 0.435. The highest BCUT2D eigenvalue weighted by molar-refractivity contribution is 6.82. The van der Waals surface area contributed by atoms with Gasteiger partial charge in [-0.15, -0.1) is 12.3 Å². The number of rotatable bonds is 6. The van der Waals surface area contributed by atoms with Crippen molar-refractivity contribution in [3.63, 3.8) is 0 Å². The minimum atomic E-state index is -1.33. The number of hydrogen-bond acceptors (Lipinski definition) is 1. The maximum Gasteiger partial charge on any atom is 0.127 e. The molecule has 0 amide bonds. The van der Waals surface area contributed by atoms with Crippen LogP contribution < -0.4 is 0 Å². The molecule has 102 valence electrons. The highest BCUT2D eigenvalue weighted by Crippen LogP contribution is 2.38. The van der Waals surface area contributed by atoms with Crippen LogP contribution in [0, 0.1) is 0 Å². The zero-order valence-corrected chi connectivity index (χ0v) is 15.4. The van der Waals surface area contributed by atoms with E-state index in [-0.39, 0.29) is 0 Å². The van der Waals surface area contributed by atoms with E-state index in [2.05, 4.69) is 70.7 Å². The van der Waals surface area contributed by atoms with Crippen LogP contribution >= 0.6 is 0 Å². The van der Waals surface area contributed by atoms with Gasteiger partial charge in [0.1, 0.15) is 8.24 Å². The third kappa shape index (κ3) is 4.72. The first-order valence-corrected chi connectivity index (χ1v) is 13.1. The molecule has 0 aliphatic carbocycles. The van der Waals surface area contributed by atoms with Crippen LogP contribution in [0.4, 0.5) is 0 Å². The number of hydrogen-bond donors (Lipinski definition) is 0. The highest BCUT2D eigenvalue weighted by atomic mass is 28.3. The summed E-state index contributed by atoms with van der Waals surface area (Å²) in [5.41, 5.74) is 2.23. The molecule has 0 rings (SSSR count). The van der Waals surface area contributed by atoms with Crippen LogP contribution in [0.2, 0.25) is 37.3 Å². The lowest BCUT2D eigenvalue weighted by Crippen LogP contribution is -2.55. The van der Waals surface area contributed by atoms with Gasteiger partial charge in [-0.2, -0.15) is 0 Å². The fraction of sp³-hybridized carbons (Fsp3) is 0.857. The molecule has 3 heteroatoms. The van der Waals surface area contributed by atoms with Crippen molar-refractivity contribution in [3.05, 3.63) is 12.3 Å². The summed E-state index contributed by atoms with van der Waals surface area (Å²) in [7, 11) is -2.48. The smallest absolute Gasteiger partial charge is 0.127 e. The van der Waals surface area contributed by atoms with Crippen LogP contribution in [0.5, 0.6) is 0 Å². The number of nitrogens with zero attached hydrogens (tertiary/aromatic N) is 1. The summed E-state index contributed by atoms with van der Waals surface area (Å²) in [6, 6.07) is 1.34. The Morgan fingerprint density at radius 2 is 1.59 bits per heavy atom. The lowest BCUT2D eigenvalue weighted by Gasteiger charge is -2.46. The summed E-state index contributed by atoms with van der Waals surface area (Å²) in [4.78, 5) is 0. The van der Waals surface area contributed by atoms with Crippen LogP contribution in [0.3, 0.4) is 0 Å². The van der Waals surface area contributed by atoms with Crippen LogP contribution in [0.15, 0.2) is 12.3 Å². The summed E-state index contributed by atoms with van der Waals surface area (Å²) >= 11 is 0. The minimum absolute atomic E-state index is 0.447. The van der Waals surface area contributed by atoms with Crippen LogP contribution in [-0.2, 0) is 0 Å². The van der Waals surface area contributed by atoms with Gasteiger partial charge in [0.25, 0.3) is 0 Å². The van der Waals surface area contributed by atoms with Gasteiger partial charge in [0.05, 0.1) is 8.07 Å². The van der Waals surface area contributed by atoms with Crippen LogP contribution in [0.1, 0.15) is 27.7 Å². The molecule has 0 saturated heterocycles. The molecule has 0 aromatic carbocycles. The quantitative estimate of drug-likeness (QED) is 0.630. The molecule has 17 heavy (non-hydrogen) atoms. The van der Waals surface area contributed by atoms with Crippen LogP contribution in [-0.4, -0.2) is 34.0 Å². The third-order valence-corrected chi connectivity index (χ3v) is 13.0. The molecule has 0 radical (unpaired) electrons. The largest absolute Gasteiger partial charge is 0.324 e. The van der Waals surface area contributed by atoms with Crippen LogP contribution in [0.25, 0.3) is 0 Å². The Balaban J connectivity index is 4.70. The van der Waals surface area contributed by atoms with Gasteiger partial charge in [-0.25, -0.2) is 0 Å². The normalized spacial score (nSPS) is 14.2. The van der Waals surface area contributed by atoms with Crippen molar-refractivity contribution >= 4 is 16.3 Å². The van der Waals surface area contributed by atoms with E-state index in [4.69, 9.17) is 0 Å². The molecule has 0 saturated carbocycles. The Hall–Kier alpha value is 0.134. The van der Waals surface area contributed by atoms with E-state index in [1.165, 1.54) is 19.1 Å². The predicted octanol–water partition coefficient (Wildman–Crippen LogP) is 4.75. The molecule has 0 heterocycles. The van der Waals surface area contributed by atoms with Crippen molar-refractivity contribution in [1.82, 2.24) is 4.57 Å².